The Bertz CT molecular complexity index is 937. The fourth-order valence-electron chi connectivity index (χ4n) is 3.08. The number of thiazole rings is 1. The highest BCUT2D eigenvalue weighted by Gasteiger charge is 2.27. The van der Waals surface area contributed by atoms with Crippen LogP contribution in [0, 0.1) is 6.92 Å². The third-order valence-electron chi connectivity index (χ3n) is 4.58. The molecule has 1 amide bonds. The van der Waals surface area contributed by atoms with Crippen molar-refractivity contribution in [2.75, 3.05) is 45.3 Å². The number of aryl methyl sites for hydroxylation is 1. The summed E-state index contributed by atoms with van der Waals surface area (Å²) in [6.45, 7) is 4.54. The number of carbonyl (C=O) groups is 1. The van der Waals surface area contributed by atoms with Crippen LogP contribution in [-0.4, -0.2) is 65.8 Å². The molecule has 1 fully saturated rings. The van der Waals surface area contributed by atoms with E-state index in [4.69, 9.17) is 14.5 Å². The van der Waals surface area contributed by atoms with Gasteiger partial charge < -0.3 is 19.3 Å². The minimum atomic E-state index is 0.00906. The lowest BCUT2D eigenvalue weighted by atomic mass is 10.3. The SMILES string of the molecule is COc1ccc(OC)c2sc(N3CCN(C(=O)c4snnc4C)CC3)nc12. The zero-order valence-electron chi connectivity index (χ0n) is 15.3. The van der Waals surface area contributed by atoms with Crippen molar-refractivity contribution in [3.8, 4) is 11.5 Å². The molecule has 0 radical (unpaired) electrons. The maximum Gasteiger partial charge on any atom is 0.267 e. The lowest BCUT2D eigenvalue weighted by Gasteiger charge is -2.34. The molecule has 1 aliphatic heterocycles. The molecule has 1 saturated heterocycles. The van der Waals surface area contributed by atoms with Crippen molar-refractivity contribution in [3.63, 3.8) is 0 Å². The normalized spacial score (nSPS) is 14.6. The molecule has 0 bridgehead atoms. The van der Waals surface area contributed by atoms with Gasteiger partial charge >= 0.3 is 0 Å². The Morgan fingerprint density at radius 2 is 1.81 bits per heavy atom. The fraction of sp³-hybridized carbons (Fsp3) is 0.412. The number of hydrogen-bond acceptors (Lipinski definition) is 9. The summed E-state index contributed by atoms with van der Waals surface area (Å²) in [5.74, 6) is 1.53. The van der Waals surface area contributed by atoms with Crippen molar-refractivity contribution in [3.05, 3.63) is 22.7 Å². The van der Waals surface area contributed by atoms with Crippen LogP contribution >= 0.6 is 22.9 Å². The van der Waals surface area contributed by atoms with Crippen LogP contribution in [0.1, 0.15) is 15.4 Å². The Labute approximate surface area is 164 Å². The van der Waals surface area contributed by atoms with Crippen LogP contribution in [0.25, 0.3) is 10.2 Å². The number of benzene rings is 1. The maximum atomic E-state index is 12.6. The lowest BCUT2D eigenvalue weighted by molar-refractivity contribution is 0.0750. The van der Waals surface area contributed by atoms with Gasteiger partial charge in [0.15, 0.2) is 5.13 Å². The molecule has 0 atom stereocenters. The summed E-state index contributed by atoms with van der Waals surface area (Å²) in [5, 5.41) is 4.84. The van der Waals surface area contributed by atoms with E-state index in [0.29, 0.717) is 23.7 Å². The number of nitrogens with zero attached hydrogens (tertiary/aromatic N) is 5. The van der Waals surface area contributed by atoms with Gasteiger partial charge in [-0.25, -0.2) is 4.98 Å². The molecule has 3 aromatic rings. The molecule has 0 unspecified atom stereocenters. The summed E-state index contributed by atoms with van der Waals surface area (Å²) in [7, 11) is 3.29. The number of aromatic nitrogens is 3. The van der Waals surface area contributed by atoms with Gasteiger partial charge in [0.1, 0.15) is 26.6 Å². The minimum absolute atomic E-state index is 0.00906. The zero-order chi connectivity index (χ0) is 19.0. The van der Waals surface area contributed by atoms with E-state index in [9.17, 15) is 4.79 Å². The van der Waals surface area contributed by atoms with Crippen LogP contribution in [0.2, 0.25) is 0 Å². The number of amides is 1. The molecule has 0 spiro atoms. The maximum absolute atomic E-state index is 12.6. The van der Waals surface area contributed by atoms with Gasteiger partial charge in [0.05, 0.1) is 19.9 Å². The first-order valence-corrected chi connectivity index (χ1v) is 10.1. The van der Waals surface area contributed by atoms with Crippen molar-refractivity contribution < 1.29 is 14.3 Å². The largest absolute Gasteiger partial charge is 0.495 e. The molecular weight excluding hydrogens is 386 g/mol. The fourth-order valence-corrected chi connectivity index (χ4v) is 4.83. The van der Waals surface area contributed by atoms with Crippen molar-refractivity contribution in [1.82, 2.24) is 19.5 Å². The molecule has 3 heterocycles. The number of piperazine rings is 1. The second-order valence-electron chi connectivity index (χ2n) is 6.11. The topological polar surface area (TPSA) is 80.7 Å². The molecule has 0 aliphatic carbocycles. The monoisotopic (exact) mass is 405 g/mol. The van der Waals surface area contributed by atoms with Crippen molar-refractivity contribution in [2.24, 2.45) is 0 Å². The molecule has 2 aromatic heterocycles. The third kappa shape index (κ3) is 3.19. The second kappa shape index (κ2) is 7.28. The van der Waals surface area contributed by atoms with E-state index in [1.807, 2.05) is 24.0 Å². The molecule has 1 aliphatic rings. The number of fused-ring (bicyclic) bond motifs is 1. The first-order valence-electron chi connectivity index (χ1n) is 8.47. The summed E-state index contributed by atoms with van der Waals surface area (Å²) in [5.41, 5.74) is 1.50. The molecule has 0 N–H and O–H groups in total. The van der Waals surface area contributed by atoms with E-state index in [1.165, 1.54) is 0 Å². The van der Waals surface area contributed by atoms with Gasteiger partial charge in [-0.05, 0) is 30.6 Å². The number of anilines is 1. The van der Waals surface area contributed by atoms with Gasteiger partial charge in [-0.3, -0.25) is 4.79 Å². The first kappa shape index (κ1) is 17.9. The Hall–Kier alpha value is -2.46. The summed E-state index contributed by atoms with van der Waals surface area (Å²) in [4.78, 5) is 22.1. The van der Waals surface area contributed by atoms with Gasteiger partial charge in [0.2, 0.25) is 0 Å². The highest BCUT2D eigenvalue weighted by molar-refractivity contribution is 7.22. The molecular formula is C17H19N5O3S2. The van der Waals surface area contributed by atoms with Crippen molar-refractivity contribution >= 4 is 44.1 Å². The van der Waals surface area contributed by atoms with Crippen LogP contribution in [0.15, 0.2) is 12.1 Å². The van der Waals surface area contributed by atoms with E-state index in [0.717, 1.165) is 51.5 Å². The van der Waals surface area contributed by atoms with Crippen LogP contribution in [0.5, 0.6) is 11.5 Å². The van der Waals surface area contributed by atoms with E-state index >= 15 is 0 Å². The highest BCUT2D eigenvalue weighted by Crippen LogP contribution is 2.40. The van der Waals surface area contributed by atoms with E-state index in [-0.39, 0.29) is 5.91 Å². The second-order valence-corrected chi connectivity index (χ2v) is 7.84. The molecule has 27 heavy (non-hydrogen) atoms. The number of rotatable bonds is 4. The van der Waals surface area contributed by atoms with Crippen LogP contribution in [0.4, 0.5) is 5.13 Å². The lowest BCUT2D eigenvalue weighted by Crippen LogP contribution is -2.48. The van der Waals surface area contributed by atoms with Gasteiger partial charge in [0.25, 0.3) is 5.91 Å². The minimum Gasteiger partial charge on any atom is -0.495 e. The summed E-state index contributed by atoms with van der Waals surface area (Å²) in [6.07, 6.45) is 0. The first-order chi connectivity index (χ1) is 13.1. The standard InChI is InChI=1S/C17H19N5O3S2/c1-10-14(27-20-19-10)16(23)21-6-8-22(9-7-21)17-18-13-11(24-2)4-5-12(25-3)15(13)26-17/h4-5H,6-9H2,1-3H3. The van der Waals surface area contributed by atoms with Gasteiger partial charge in [0, 0.05) is 26.2 Å². The van der Waals surface area contributed by atoms with Crippen LogP contribution in [-0.2, 0) is 0 Å². The predicted molar refractivity (Wildman–Crippen MR) is 105 cm³/mol. The van der Waals surface area contributed by atoms with Crippen molar-refractivity contribution in [1.29, 1.82) is 0 Å². The van der Waals surface area contributed by atoms with Gasteiger partial charge in [-0.1, -0.05) is 15.8 Å². The molecule has 142 valence electrons. The van der Waals surface area contributed by atoms with Gasteiger partial charge in [-0.15, -0.1) is 5.10 Å². The zero-order valence-corrected chi connectivity index (χ0v) is 16.9. The molecule has 1 aromatic carbocycles. The smallest absolute Gasteiger partial charge is 0.267 e. The number of hydrogen-bond donors (Lipinski definition) is 0. The Kier molecular flexibility index (Phi) is 4.83. The Morgan fingerprint density at radius 3 is 2.44 bits per heavy atom. The highest BCUT2D eigenvalue weighted by atomic mass is 32.1. The number of ether oxygens (including phenoxy) is 2. The quantitative estimate of drug-likeness (QED) is 0.659. The molecule has 8 nitrogen and oxygen atoms in total. The average Bonchev–Trinajstić information content (AvgIpc) is 3.33. The number of carbonyl (C=O) groups excluding carboxylic acids is 1. The van der Waals surface area contributed by atoms with E-state index in [1.54, 1.807) is 25.6 Å². The number of methoxy groups -OCH3 is 2. The van der Waals surface area contributed by atoms with E-state index in [2.05, 4.69) is 14.5 Å². The van der Waals surface area contributed by atoms with E-state index < -0.39 is 0 Å². The summed E-state index contributed by atoms with van der Waals surface area (Å²) >= 11 is 2.74. The summed E-state index contributed by atoms with van der Waals surface area (Å²) < 4.78 is 15.7. The predicted octanol–water partition coefficient (Wildman–Crippen LogP) is 2.44. The average molecular weight is 406 g/mol. The van der Waals surface area contributed by atoms with Crippen molar-refractivity contribution in [2.45, 2.75) is 6.92 Å². The molecule has 10 heteroatoms. The molecule has 4 rings (SSSR count). The van der Waals surface area contributed by atoms with Crippen LogP contribution in [0.3, 0.4) is 0 Å². The third-order valence-corrected chi connectivity index (χ3v) is 6.53. The van der Waals surface area contributed by atoms with Gasteiger partial charge in [-0.2, -0.15) is 0 Å². The van der Waals surface area contributed by atoms with Crippen LogP contribution < -0.4 is 14.4 Å². The Balaban J connectivity index is 1.53. The summed E-state index contributed by atoms with van der Waals surface area (Å²) in [6, 6.07) is 3.76. The molecule has 0 saturated carbocycles. The Morgan fingerprint density at radius 1 is 1.11 bits per heavy atom.